The van der Waals surface area contributed by atoms with Crippen LogP contribution < -0.4 is 5.32 Å². The van der Waals surface area contributed by atoms with Gasteiger partial charge in [-0.05, 0) is 44.0 Å². The molecule has 0 aliphatic carbocycles. The van der Waals surface area contributed by atoms with Gasteiger partial charge in [0.05, 0.1) is 5.69 Å². The van der Waals surface area contributed by atoms with E-state index in [0.29, 0.717) is 0 Å². The highest BCUT2D eigenvalue weighted by Gasteiger charge is 2.13. The normalized spacial score (nSPS) is 11.0. The molecular weight excluding hydrogens is 246 g/mol. The van der Waals surface area contributed by atoms with Crippen molar-refractivity contribution in [2.45, 2.75) is 47.2 Å². The fraction of sp³-hybridized carbons (Fsp3) is 0.471. The summed E-state index contributed by atoms with van der Waals surface area (Å²) in [5, 5.41) is 8.05. The topological polar surface area (TPSA) is 29.9 Å². The van der Waals surface area contributed by atoms with Gasteiger partial charge in [-0.1, -0.05) is 32.0 Å². The van der Waals surface area contributed by atoms with Gasteiger partial charge in [-0.3, -0.25) is 4.68 Å². The van der Waals surface area contributed by atoms with Crippen LogP contribution in [-0.4, -0.2) is 16.3 Å². The van der Waals surface area contributed by atoms with Crippen LogP contribution in [-0.2, 0) is 13.1 Å². The number of nitrogens with zero attached hydrogens (tertiary/aromatic N) is 2. The Kier molecular flexibility index (Phi) is 4.96. The summed E-state index contributed by atoms with van der Waals surface area (Å²) in [6.07, 6.45) is 1.11. The fourth-order valence-electron chi connectivity index (χ4n) is 2.65. The van der Waals surface area contributed by atoms with Gasteiger partial charge in [0.2, 0.25) is 0 Å². The van der Waals surface area contributed by atoms with Crippen LogP contribution in [0, 0.1) is 13.8 Å². The summed E-state index contributed by atoms with van der Waals surface area (Å²) in [4.78, 5) is 0. The molecule has 1 heterocycles. The molecule has 0 saturated carbocycles. The number of hydrogen-bond acceptors (Lipinski definition) is 2. The van der Waals surface area contributed by atoms with E-state index in [0.717, 1.165) is 31.7 Å². The molecule has 3 nitrogen and oxygen atoms in total. The van der Waals surface area contributed by atoms with Crippen LogP contribution in [0.3, 0.4) is 0 Å². The van der Waals surface area contributed by atoms with Gasteiger partial charge in [-0.25, -0.2) is 0 Å². The van der Waals surface area contributed by atoms with E-state index >= 15 is 0 Å². The number of benzene rings is 1. The first-order chi connectivity index (χ1) is 9.67. The molecule has 108 valence electrons. The standard InChI is InChI=1S/C17H25N3/c1-5-10-20-14(4)17(13(3)19-20)16-9-7-8-15(11-16)12-18-6-2/h7-9,11,18H,5-6,10,12H2,1-4H3. The first-order valence-corrected chi connectivity index (χ1v) is 7.51. The van der Waals surface area contributed by atoms with Crippen LogP contribution in [0.15, 0.2) is 24.3 Å². The molecule has 0 atom stereocenters. The Balaban J connectivity index is 2.36. The van der Waals surface area contributed by atoms with E-state index in [1.54, 1.807) is 0 Å². The average Bonchev–Trinajstić information content (AvgIpc) is 2.72. The minimum absolute atomic E-state index is 0.922. The smallest absolute Gasteiger partial charge is 0.0674 e. The monoisotopic (exact) mass is 271 g/mol. The minimum Gasteiger partial charge on any atom is -0.313 e. The molecule has 0 spiro atoms. The van der Waals surface area contributed by atoms with Crippen LogP contribution in [0.1, 0.15) is 37.2 Å². The summed E-state index contributed by atoms with van der Waals surface area (Å²) in [5.41, 5.74) is 6.28. The zero-order valence-electron chi connectivity index (χ0n) is 13.0. The van der Waals surface area contributed by atoms with Crippen molar-refractivity contribution < 1.29 is 0 Å². The van der Waals surface area contributed by atoms with Gasteiger partial charge in [0, 0.05) is 24.3 Å². The Morgan fingerprint density at radius 3 is 2.70 bits per heavy atom. The van der Waals surface area contributed by atoms with E-state index < -0.39 is 0 Å². The summed E-state index contributed by atoms with van der Waals surface area (Å²) in [5.74, 6) is 0. The summed E-state index contributed by atoms with van der Waals surface area (Å²) >= 11 is 0. The Morgan fingerprint density at radius 2 is 2.00 bits per heavy atom. The number of aryl methyl sites for hydroxylation is 2. The molecule has 0 aliphatic rings. The van der Waals surface area contributed by atoms with Crippen LogP contribution in [0.2, 0.25) is 0 Å². The maximum absolute atomic E-state index is 4.67. The molecule has 0 fully saturated rings. The van der Waals surface area contributed by atoms with Crippen molar-refractivity contribution in [3.05, 3.63) is 41.2 Å². The quantitative estimate of drug-likeness (QED) is 0.868. The van der Waals surface area contributed by atoms with Gasteiger partial charge in [0.1, 0.15) is 0 Å². The Hall–Kier alpha value is -1.61. The summed E-state index contributed by atoms with van der Waals surface area (Å²) in [6, 6.07) is 8.77. The van der Waals surface area contributed by atoms with Crippen molar-refractivity contribution >= 4 is 0 Å². The largest absolute Gasteiger partial charge is 0.313 e. The Bertz CT molecular complexity index is 570. The highest BCUT2D eigenvalue weighted by atomic mass is 15.3. The van der Waals surface area contributed by atoms with Gasteiger partial charge in [-0.2, -0.15) is 5.10 Å². The Morgan fingerprint density at radius 1 is 1.20 bits per heavy atom. The zero-order valence-corrected chi connectivity index (χ0v) is 13.0. The third-order valence-corrected chi connectivity index (χ3v) is 3.61. The third kappa shape index (κ3) is 3.10. The molecule has 1 N–H and O–H groups in total. The second-order valence-electron chi connectivity index (χ2n) is 5.25. The molecule has 1 aromatic heterocycles. The van der Waals surface area contributed by atoms with Crippen molar-refractivity contribution in [1.82, 2.24) is 15.1 Å². The van der Waals surface area contributed by atoms with Gasteiger partial charge in [0.15, 0.2) is 0 Å². The van der Waals surface area contributed by atoms with E-state index in [1.807, 2.05) is 0 Å². The SMILES string of the molecule is CCCn1nc(C)c(-c2cccc(CNCC)c2)c1C. The number of rotatable bonds is 6. The summed E-state index contributed by atoms with van der Waals surface area (Å²) < 4.78 is 2.13. The zero-order chi connectivity index (χ0) is 14.5. The highest BCUT2D eigenvalue weighted by Crippen LogP contribution is 2.27. The summed E-state index contributed by atoms with van der Waals surface area (Å²) in [6.45, 7) is 11.5. The van der Waals surface area contributed by atoms with Crippen LogP contribution >= 0.6 is 0 Å². The summed E-state index contributed by atoms with van der Waals surface area (Å²) in [7, 11) is 0. The van der Waals surface area contributed by atoms with Crippen LogP contribution in [0.5, 0.6) is 0 Å². The maximum Gasteiger partial charge on any atom is 0.0674 e. The maximum atomic E-state index is 4.67. The van der Waals surface area contributed by atoms with Gasteiger partial charge >= 0.3 is 0 Å². The molecule has 1 aromatic carbocycles. The Labute approximate surface area is 122 Å². The molecule has 20 heavy (non-hydrogen) atoms. The average molecular weight is 271 g/mol. The predicted molar refractivity (Wildman–Crippen MR) is 84.8 cm³/mol. The molecule has 0 bridgehead atoms. The van der Waals surface area contributed by atoms with E-state index in [2.05, 4.69) is 67.1 Å². The molecule has 0 radical (unpaired) electrons. The van der Waals surface area contributed by atoms with Crippen LogP contribution in [0.25, 0.3) is 11.1 Å². The lowest BCUT2D eigenvalue weighted by molar-refractivity contribution is 0.583. The highest BCUT2D eigenvalue weighted by molar-refractivity contribution is 5.69. The first kappa shape index (κ1) is 14.8. The van der Waals surface area contributed by atoms with Crippen molar-refractivity contribution in [3.8, 4) is 11.1 Å². The fourth-order valence-corrected chi connectivity index (χ4v) is 2.65. The van der Waals surface area contributed by atoms with Crippen molar-refractivity contribution in [2.75, 3.05) is 6.54 Å². The molecule has 3 heteroatoms. The second-order valence-corrected chi connectivity index (χ2v) is 5.25. The lowest BCUT2D eigenvalue weighted by atomic mass is 10.0. The van der Waals surface area contributed by atoms with Crippen molar-refractivity contribution in [3.63, 3.8) is 0 Å². The van der Waals surface area contributed by atoms with Gasteiger partial charge in [-0.15, -0.1) is 0 Å². The van der Waals surface area contributed by atoms with E-state index in [-0.39, 0.29) is 0 Å². The number of aromatic nitrogens is 2. The minimum atomic E-state index is 0.922. The molecule has 0 unspecified atom stereocenters. The predicted octanol–water partition coefficient (Wildman–Crippen LogP) is 3.69. The van der Waals surface area contributed by atoms with Crippen molar-refractivity contribution in [2.24, 2.45) is 0 Å². The third-order valence-electron chi connectivity index (χ3n) is 3.61. The number of nitrogens with one attached hydrogen (secondary N) is 1. The lowest BCUT2D eigenvalue weighted by Crippen LogP contribution is -2.11. The van der Waals surface area contributed by atoms with Gasteiger partial charge in [0.25, 0.3) is 0 Å². The molecule has 0 saturated heterocycles. The molecule has 0 aliphatic heterocycles. The molecule has 2 rings (SSSR count). The van der Waals surface area contributed by atoms with Crippen LogP contribution in [0.4, 0.5) is 0 Å². The number of hydrogen-bond donors (Lipinski definition) is 1. The van der Waals surface area contributed by atoms with Crippen molar-refractivity contribution in [1.29, 1.82) is 0 Å². The molecule has 2 aromatic rings. The molecular formula is C17H25N3. The molecule has 0 amide bonds. The lowest BCUT2D eigenvalue weighted by Gasteiger charge is -2.07. The van der Waals surface area contributed by atoms with E-state index in [4.69, 9.17) is 0 Å². The second kappa shape index (κ2) is 6.71. The van der Waals surface area contributed by atoms with Gasteiger partial charge < -0.3 is 5.32 Å². The van der Waals surface area contributed by atoms with E-state index in [1.165, 1.54) is 22.4 Å². The van der Waals surface area contributed by atoms with E-state index in [9.17, 15) is 0 Å². The first-order valence-electron chi connectivity index (χ1n) is 7.51.